The molecule has 0 saturated heterocycles. The molecule has 5 amide bonds. The maximum absolute atomic E-state index is 14.2. The number of ether oxygens (including phenoxy) is 2. The molecule has 59 heavy (non-hydrogen) atoms. The van der Waals surface area contributed by atoms with E-state index in [1.807, 2.05) is 54.0 Å². The number of nitrogens with one attached hydrogen (secondary N) is 3. The lowest BCUT2D eigenvalue weighted by Crippen LogP contribution is -2.57. The second-order valence-corrected chi connectivity index (χ2v) is 16.4. The van der Waals surface area contributed by atoms with Gasteiger partial charge in [0.25, 0.3) is 5.91 Å². The minimum absolute atomic E-state index is 0.0423. The third kappa shape index (κ3) is 15.4. The molecule has 1 radical (unpaired) electrons. The largest absolute Gasteiger partial charge is 0.456 e. The van der Waals surface area contributed by atoms with Crippen molar-refractivity contribution in [2.75, 3.05) is 20.6 Å². The Balaban J connectivity index is 2.60. The molecule has 1 aromatic rings. The molecular weight excluding hydrogens is 778 g/mol. The van der Waals surface area contributed by atoms with E-state index < -0.39 is 84.4 Å². The van der Waals surface area contributed by atoms with Crippen molar-refractivity contribution in [3.63, 3.8) is 0 Å². The fourth-order valence-corrected chi connectivity index (χ4v) is 6.55. The van der Waals surface area contributed by atoms with Gasteiger partial charge in [0.05, 0.1) is 6.54 Å². The first kappa shape index (κ1) is 50.4. The van der Waals surface area contributed by atoms with E-state index >= 15 is 0 Å². The Hall–Kier alpha value is -4.72. The van der Waals surface area contributed by atoms with Crippen molar-refractivity contribution in [2.45, 2.75) is 131 Å². The summed E-state index contributed by atoms with van der Waals surface area (Å²) in [4.78, 5) is 98.0. The maximum atomic E-state index is 14.2. The summed E-state index contributed by atoms with van der Waals surface area (Å²) in [5.74, 6) is -5.21. The molecule has 0 aliphatic carbocycles. The van der Waals surface area contributed by atoms with Gasteiger partial charge in [-0.15, -0.1) is 0 Å². The Kier molecular flexibility index (Phi) is 20.3. The third-order valence-electron chi connectivity index (χ3n) is 10.6. The summed E-state index contributed by atoms with van der Waals surface area (Å²) in [5, 5.41) is 8.58. The Morgan fingerprint density at radius 3 is 2.08 bits per heavy atom. The summed E-state index contributed by atoms with van der Waals surface area (Å²) < 4.78 is 11.6. The lowest BCUT2D eigenvalue weighted by molar-refractivity contribution is -0.154. The Morgan fingerprint density at radius 1 is 0.898 bits per heavy atom. The zero-order chi connectivity index (χ0) is 44.7. The normalized spacial score (nSPS) is 27.6. The van der Waals surface area contributed by atoms with Crippen LogP contribution in [0.4, 0.5) is 0 Å². The molecule has 0 unspecified atom stereocenters. The molecule has 0 bridgehead atoms. The smallest absolute Gasteiger partial charge is 0.334 e. The topological polar surface area (TPSA) is 181 Å². The molecule has 8 atom stereocenters. The van der Waals surface area contributed by atoms with Crippen LogP contribution in [-0.4, -0.2) is 108 Å². The number of cyclic esters (lactones) is 2. The van der Waals surface area contributed by atoms with Gasteiger partial charge in [-0.2, -0.15) is 0 Å². The van der Waals surface area contributed by atoms with Crippen LogP contribution >= 0.6 is 11.6 Å². The van der Waals surface area contributed by atoms with Gasteiger partial charge in [-0.25, -0.2) is 9.59 Å². The number of allylic oxidation sites excluding steroid dienone is 2. The van der Waals surface area contributed by atoms with E-state index in [1.165, 1.54) is 32.8 Å². The molecule has 15 heteroatoms. The highest BCUT2D eigenvalue weighted by atomic mass is 35.5. The van der Waals surface area contributed by atoms with Crippen LogP contribution in [0.1, 0.15) is 94.1 Å². The number of nitrogens with zero attached hydrogens (tertiary/aromatic N) is 2. The maximum Gasteiger partial charge on any atom is 0.334 e. The number of amides is 5. The summed E-state index contributed by atoms with van der Waals surface area (Å²) >= 11 is 6.11. The summed E-state index contributed by atoms with van der Waals surface area (Å²) in [5.41, 5.74) is 1.70. The van der Waals surface area contributed by atoms with Gasteiger partial charge >= 0.3 is 11.9 Å². The van der Waals surface area contributed by atoms with E-state index in [9.17, 15) is 33.6 Å². The molecule has 0 aromatic heterocycles. The molecule has 327 valence electrons. The highest BCUT2D eigenvalue weighted by Gasteiger charge is 2.36. The standard InChI is InChI=1S/C44H65ClN5O9/c1-13-26(5)37-40(53)47-31(10)44(57)59-38(27(6)14-2)28(7)16-15-17-29(8)43(56)58-35(22-25(3)4)39(52)46-30(9)41(54)50(12)34(23-32-18-20-33(45)21-19-32)42(55)49(11)24-36(51)48-37/h14,16-21,25-26,28,30-31,34-35,37-38H,13,15,22-24H2,1-12H3,(H,46,52)(H,47,53)(H,48,51)/b27-14+,29-17+/t26-,28+,30+,31-,34-,35-,37+,38-/m1/s1. The molecular formula is C44H65ClN5O9. The van der Waals surface area contributed by atoms with Gasteiger partial charge in [-0.1, -0.05) is 76.9 Å². The van der Waals surface area contributed by atoms with Crippen molar-refractivity contribution in [3.05, 3.63) is 64.6 Å². The summed E-state index contributed by atoms with van der Waals surface area (Å²) in [6.07, 6.45) is 4.50. The quantitative estimate of drug-likeness (QED) is 0.258. The highest BCUT2D eigenvalue weighted by Crippen LogP contribution is 2.23. The van der Waals surface area contributed by atoms with Gasteiger partial charge in [0.15, 0.2) is 6.10 Å². The number of halogens is 1. The van der Waals surface area contributed by atoms with Crippen molar-refractivity contribution in [1.29, 1.82) is 0 Å². The third-order valence-corrected chi connectivity index (χ3v) is 10.8. The van der Waals surface area contributed by atoms with E-state index in [0.717, 1.165) is 10.5 Å². The van der Waals surface area contributed by atoms with Crippen LogP contribution in [0.2, 0.25) is 5.02 Å². The van der Waals surface area contributed by atoms with Crippen LogP contribution in [-0.2, 0) is 49.5 Å². The monoisotopic (exact) mass is 842 g/mol. The van der Waals surface area contributed by atoms with Crippen LogP contribution in [0.3, 0.4) is 0 Å². The molecule has 1 aromatic carbocycles. The molecule has 2 rings (SSSR count). The number of likely N-dealkylation sites (N-methyl/N-ethyl adjacent to an activating group) is 2. The summed E-state index contributed by atoms with van der Waals surface area (Å²) in [7, 11) is 2.84. The molecule has 1 aliphatic heterocycles. The lowest BCUT2D eigenvalue weighted by atomic mass is 9.93. The molecule has 3 N–H and O–H groups in total. The van der Waals surface area contributed by atoms with Crippen LogP contribution in [0.5, 0.6) is 0 Å². The SMILES string of the molecule is C/C=C(\C)[C@H]1OC(=O)[C@@H](C)NC(=O)[C@H]([C@H](C)CC)NC(=O)CN(C)C(=O)[C@@H](Cc2ccc(Cl)cc2)N(C)C(=O)[C@H](C)NC(=O)[C@@H](CC(C)C)OC(=O)/C(C)=C/C[CH][C@@H]1C. The van der Waals surface area contributed by atoms with Crippen LogP contribution < -0.4 is 16.0 Å². The minimum Gasteiger partial charge on any atom is -0.456 e. The molecule has 0 saturated carbocycles. The molecule has 1 heterocycles. The van der Waals surface area contributed by atoms with E-state index in [2.05, 4.69) is 16.0 Å². The first-order valence-electron chi connectivity index (χ1n) is 20.3. The van der Waals surface area contributed by atoms with Crippen molar-refractivity contribution in [3.8, 4) is 0 Å². The molecule has 0 spiro atoms. The van der Waals surface area contributed by atoms with E-state index in [-0.39, 0.29) is 36.2 Å². The van der Waals surface area contributed by atoms with E-state index in [0.29, 0.717) is 23.4 Å². The Bertz CT molecular complexity index is 1710. The zero-order valence-corrected chi connectivity index (χ0v) is 37.5. The molecule has 0 fully saturated rings. The number of hydrogen-bond acceptors (Lipinski definition) is 9. The van der Waals surface area contributed by atoms with E-state index in [1.54, 1.807) is 44.2 Å². The average Bonchev–Trinajstić information content (AvgIpc) is 3.18. The predicted octanol–water partition coefficient (Wildman–Crippen LogP) is 4.73. The van der Waals surface area contributed by atoms with Crippen molar-refractivity contribution in [2.24, 2.45) is 17.8 Å². The Labute approximate surface area is 355 Å². The second kappa shape index (κ2) is 23.8. The van der Waals surface area contributed by atoms with Crippen LogP contribution in [0, 0.1) is 24.2 Å². The fourth-order valence-electron chi connectivity index (χ4n) is 6.42. The van der Waals surface area contributed by atoms with E-state index in [4.69, 9.17) is 21.1 Å². The average molecular weight is 843 g/mol. The number of esters is 2. The summed E-state index contributed by atoms with van der Waals surface area (Å²) in [6, 6.07) is 2.34. The van der Waals surface area contributed by atoms with Gasteiger partial charge in [0, 0.05) is 37.0 Å². The number of hydrogen-bond donors (Lipinski definition) is 3. The van der Waals surface area contributed by atoms with Crippen molar-refractivity contribution >= 4 is 53.1 Å². The van der Waals surface area contributed by atoms with Gasteiger partial charge in [-0.05, 0) is 89.0 Å². The number of carbonyl (C=O) groups excluding carboxylic acids is 7. The van der Waals surface area contributed by atoms with Crippen molar-refractivity contribution < 1.29 is 43.0 Å². The number of benzene rings is 1. The number of carbonyl (C=O) groups is 7. The van der Waals surface area contributed by atoms with Gasteiger partial charge in [0.1, 0.15) is 30.3 Å². The first-order valence-corrected chi connectivity index (χ1v) is 20.7. The lowest BCUT2D eigenvalue weighted by Gasteiger charge is -2.33. The highest BCUT2D eigenvalue weighted by molar-refractivity contribution is 6.30. The number of rotatable bonds is 7. The van der Waals surface area contributed by atoms with Crippen molar-refractivity contribution in [1.82, 2.24) is 25.8 Å². The predicted molar refractivity (Wildman–Crippen MR) is 226 cm³/mol. The van der Waals surface area contributed by atoms with Gasteiger partial charge < -0.3 is 35.2 Å². The zero-order valence-electron chi connectivity index (χ0n) is 36.7. The Morgan fingerprint density at radius 2 is 1.51 bits per heavy atom. The minimum atomic E-state index is -1.22. The molecule has 1 aliphatic rings. The fraction of sp³-hybridized carbons (Fsp3) is 0.591. The molecule has 14 nitrogen and oxygen atoms in total. The van der Waals surface area contributed by atoms with Gasteiger partial charge in [-0.3, -0.25) is 24.0 Å². The van der Waals surface area contributed by atoms with Crippen LogP contribution in [0.25, 0.3) is 0 Å². The second-order valence-electron chi connectivity index (χ2n) is 16.0. The van der Waals surface area contributed by atoms with Crippen LogP contribution in [0.15, 0.2) is 47.6 Å². The first-order chi connectivity index (χ1) is 27.6. The van der Waals surface area contributed by atoms with Gasteiger partial charge in [0.2, 0.25) is 23.6 Å². The summed E-state index contributed by atoms with van der Waals surface area (Å²) in [6.45, 7) is 17.0.